The second-order valence-electron chi connectivity index (χ2n) is 5.41. The fraction of sp³-hybridized carbons (Fsp3) is 0.833. The zero-order valence-corrected chi connectivity index (χ0v) is 10.3. The summed E-state index contributed by atoms with van der Waals surface area (Å²) >= 11 is 0. The molecule has 1 aromatic rings. The van der Waals surface area contributed by atoms with Crippen LogP contribution in [0.25, 0.3) is 0 Å². The maximum atomic E-state index is 5.46. The van der Waals surface area contributed by atoms with Crippen molar-refractivity contribution in [1.82, 2.24) is 20.5 Å². The molecule has 0 amide bonds. The molecule has 2 aliphatic rings. The monoisotopic (exact) mass is 236 g/mol. The van der Waals surface area contributed by atoms with Gasteiger partial charge in [0.05, 0.1) is 18.1 Å². The molecule has 0 radical (unpaired) electrons. The SMILES string of the molecule is CC1(c2n[nH]c(C3CCCCN3)n2)CCOC1. The first-order chi connectivity index (χ1) is 8.28. The molecule has 3 heterocycles. The standard InChI is InChI=1S/C12H20N4O/c1-12(5-7-17-8-12)11-14-10(15-16-11)9-4-2-3-6-13-9/h9,13H,2-8H2,1H3,(H,14,15,16). The predicted octanol–water partition coefficient (Wildman–Crippen LogP) is 1.30. The molecule has 0 aromatic carbocycles. The van der Waals surface area contributed by atoms with Crippen molar-refractivity contribution in [2.75, 3.05) is 19.8 Å². The van der Waals surface area contributed by atoms with Gasteiger partial charge in [-0.2, -0.15) is 5.10 Å². The molecule has 5 nitrogen and oxygen atoms in total. The highest BCUT2D eigenvalue weighted by molar-refractivity contribution is 5.10. The number of nitrogens with one attached hydrogen (secondary N) is 2. The molecule has 2 N–H and O–H groups in total. The number of aromatic amines is 1. The molecule has 94 valence electrons. The predicted molar refractivity (Wildman–Crippen MR) is 63.8 cm³/mol. The Bertz CT molecular complexity index is 378. The third kappa shape index (κ3) is 2.09. The van der Waals surface area contributed by atoms with Gasteiger partial charge in [-0.25, -0.2) is 4.98 Å². The molecule has 5 heteroatoms. The lowest BCUT2D eigenvalue weighted by Crippen LogP contribution is -2.28. The summed E-state index contributed by atoms with van der Waals surface area (Å²) in [5.41, 5.74) is 0.00339. The van der Waals surface area contributed by atoms with Gasteiger partial charge < -0.3 is 10.1 Å². The Morgan fingerprint density at radius 3 is 3.06 bits per heavy atom. The summed E-state index contributed by atoms with van der Waals surface area (Å²) < 4.78 is 5.46. The van der Waals surface area contributed by atoms with Gasteiger partial charge in [0.1, 0.15) is 5.82 Å². The third-order valence-electron chi connectivity index (χ3n) is 3.90. The molecule has 2 aliphatic heterocycles. The summed E-state index contributed by atoms with van der Waals surface area (Å²) in [6.45, 7) is 4.83. The average molecular weight is 236 g/mol. The van der Waals surface area contributed by atoms with Crippen LogP contribution in [0.2, 0.25) is 0 Å². The van der Waals surface area contributed by atoms with E-state index in [9.17, 15) is 0 Å². The summed E-state index contributed by atoms with van der Waals surface area (Å²) in [6.07, 6.45) is 4.71. The molecule has 0 aliphatic carbocycles. The molecule has 2 saturated heterocycles. The quantitative estimate of drug-likeness (QED) is 0.812. The summed E-state index contributed by atoms with van der Waals surface area (Å²) in [6, 6.07) is 0.357. The van der Waals surface area contributed by atoms with Crippen molar-refractivity contribution in [2.45, 2.75) is 44.1 Å². The van der Waals surface area contributed by atoms with Gasteiger partial charge in [0, 0.05) is 6.61 Å². The van der Waals surface area contributed by atoms with Crippen LogP contribution in [0, 0.1) is 0 Å². The van der Waals surface area contributed by atoms with E-state index in [-0.39, 0.29) is 5.41 Å². The lowest BCUT2D eigenvalue weighted by Gasteiger charge is -2.21. The van der Waals surface area contributed by atoms with Gasteiger partial charge in [0.15, 0.2) is 5.82 Å². The Morgan fingerprint density at radius 1 is 1.41 bits per heavy atom. The smallest absolute Gasteiger partial charge is 0.159 e. The van der Waals surface area contributed by atoms with Crippen molar-refractivity contribution in [1.29, 1.82) is 0 Å². The van der Waals surface area contributed by atoms with Gasteiger partial charge in [-0.15, -0.1) is 0 Å². The van der Waals surface area contributed by atoms with Crippen molar-refractivity contribution in [2.24, 2.45) is 0 Å². The molecule has 2 fully saturated rings. The molecule has 2 unspecified atom stereocenters. The Morgan fingerprint density at radius 2 is 2.35 bits per heavy atom. The number of H-pyrrole nitrogens is 1. The number of hydrogen-bond donors (Lipinski definition) is 2. The Hall–Kier alpha value is -0.940. The first-order valence-electron chi connectivity index (χ1n) is 6.52. The van der Waals surface area contributed by atoms with E-state index in [1.165, 1.54) is 12.8 Å². The largest absolute Gasteiger partial charge is 0.380 e. The summed E-state index contributed by atoms with van der Waals surface area (Å²) in [5, 5.41) is 11.0. The molecule has 1 aromatic heterocycles. The molecule has 17 heavy (non-hydrogen) atoms. The van der Waals surface area contributed by atoms with E-state index in [0.717, 1.165) is 44.2 Å². The van der Waals surface area contributed by atoms with Crippen LogP contribution >= 0.6 is 0 Å². The van der Waals surface area contributed by atoms with E-state index in [1.807, 2.05) is 0 Å². The van der Waals surface area contributed by atoms with Crippen LogP contribution in [-0.4, -0.2) is 34.9 Å². The van der Waals surface area contributed by atoms with Crippen molar-refractivity contribution >= 4 is 0 Å². The van der Waals surface area contributed by atoms with E-state index in [1.54, 1.807) is 0 Å². The van der Waals surface area contributed by atoms with Gasteiger partial charge in [-0.1, -0.05) is 13.3 Å². The first kappa shape index (κ1) is 11.2. The average Bonchev–Trinajstić information content (AvgIpc) is 2.99. The number of aromatic nitrogens is 3. The van der Waals surface area contributed by atoms with Crippen molar-refractivity contribution < 1.29 is 4.74 Å². The molecule has 0 spiro atoms. The Labute approximate surface area is 101 Å². The number of nitrogens with zero attached hydrogens (tertiary/aromatic N) is 2. The van der Waals surface area contributed by atoms with Crippen molar-refractivity contribution in [3.63, 3.8) is 0 Å². The zero-order valence-electron chi connectivity index (χ0n) is 10.3. The summed E-state index contributed by atoms with van der Waals surface area (Å²) in [7, 11) is 0. The summed E-state index contributed by atoms with van der Waals surface area (Å²) in [4.78, 5) is 4.68. The minimum atomic E-state index is 0.00339. The first-order valence-corrected chi connectivity index (χ1v) is 6.52. The summed E-state index contributed by atoms with van der Waals surface area (Å²) in [5.74, 6) is 1.91. The molecule has 3 rings (SSSR count). The van der Waals surface area contributed by atoms with Gasteiger partial charge in [0.2, 0.25) is 0 Å². The number of rotatable bonds is 2. The number of hydrogen-bond acceptors (Lipinski definition) is 4. The second kappa shape index (κ2) is 4.38. The highest BCUT2D eigenvalue weighted by Crippen LogP contribution is 2.31. The normalized spacial score (nSPS) is 34.1. The fourth-order valence-corrected chi connectivity index (χ4v) is 2.63. The van der Waals surface area contributed by atoms with Crippen molar-refractivity contribution in [3.05, 3.63) is 11.6 Å². The van der Waals surface area contributed by atoms with Crippen LogP contribution in [0.3, 0.4) is 0 Å². The molecular weight excluding hydrogens is 216 g/mol. The van der Waals surface area contributed by atoms with E-state index in [0.29, 0.717) is 6.04 Å². The maximum absolute atomic E-state index is 5.46. The van der Waals surface area contributed by atoms with E-state index in [2.05, 4.69) is 27.4 Å². The van der Waals surface area contributed by atoms with Crippen LogP contribution in [-0.2, 0) is 10.2 Å². The lowest BCUT2D eigenvalue weighted by molar-refractivity contribution is 0.179. The number of piperidine rings is 1. The number of ether oxygens (including phenoxy) is 1. The highest BCUT2D eigenvalue weighted by Gasteiger charge is 2.36. The van der Waals surface area contributed by atoms with Crippen LogP contribution in [0.15, 0.2) is 0 Å². The van der Waals surface area contributed by atoms with Crippen LogP contribution < -0.4 is 5.32 Å². The Balaban J connectivity index is 1.77. The van der Waals surface area contributed by atoms with Crippen LogP contribution in [0.5, 0.6) is 0 Å². The van der Waals surface area contributed by atoms with Crippen LogP contribution in [0.1, 0.15) is 50.3 Å². The lowest BCUT2D eigenvalue weighted by atomic mass is 9.89. The highest BCUT2D eigenvalue weighted by atomic mass is 16.5. The van der Waals surface area contributed by atoms with Gasteiger partial charge in [-0.05, 0) is 25.8 Å². The fourth-order valence-electron chi connectivity index (χ4n) is 2.63. The van der Waals surface area contributed by atoms with E-state index < -0.39 is 0 Å². The van der Waals surface area contributed by atoms with Crippen LogP contribution in [0.4, 0.5) is 0 Å². The molecule has 0 saturated carbocycles. The van der Waals surface area contributed by atoms with Gasteiger partial charge in [-0.3, -0.25) is 5.10 Å². The third-order valence-corrected chi connectivity index (χ3v) is 3.90. The topological polar surface area (TPSA) is 62.8 Å². The molecule has 2 atom stereocenters. The minimum absolute atomic E-state index is 0.00339. The van der Waals surface area contributed by atoms with E-state index >= 15 is 0 Å². The van der Waals surface area contributed by atoms with Gasteiger partial charge in [0.25, 0.3) is 0 Å². The Kier molecular flexibility index (Phi) is 2.88. The second-order valence-corrected chi connectivity index (χ2v) is 5.41. The van der Waals surface area contributed by atoms with Crippen molar-refractivity contribution in [3.8, 4) is 0 Å². The molecule has 0 bridgehead atoms. The van der Waals surface area contributed by atoms with E-state index in [4.69, 9.17) is 4.74 Å². The van der Waals surface area contributed by atoms with Gasteiger partial charge >= 0.3 is 0 Å². The zero-order chi connectivity index (χ0) is 11.7. The molecular formula is C12H20N4O. The maximum Gasteiger partial charge on any atom is 0.159 e. The minimum Gasteiger partial charge on any atom is -0.380 e.